The Morgan fingerprint density at radius 1 is 1.44 bits per heavy atom. The van der Waals surface area contributed by atoms with E-state index in [4.69, 9.17) is 9.57 Å². The van der Waals surface area contributed by atoms with Crippen molar-refractivity contribution >= 4 is 5.91 Å². The number of aliphatic hydroxyl groups is 2. The predicted octanol–water partition coefficient (Wildman–Crippen LogP) is 3.36. The lowest BCUT2D eigenvalue weighted by atomic mass is 9.70. The van der Waals surface area contributed by atoms with Gasteiger partial charge in [-0.2, -0.15) is 5.06 Å². The van der Waals surface area contributed by atoms with E-state index in [-0.39, 0.29) is 24.0 Å². The first-order valence-corrected chi connectivity index (χ1v) is 12.4. The summed E-state index contributed by atoms with van der Waals surface area (Å²) in [7, 11) is 0. The van der Waals surface area contributed by atoms with Gasteiger partial charge in [0, 0.05) is 17.5 Å². The Morgan fingerprint density at radius 3 is 2.79 bits per heavy atom. The van der Waals surface area contributed by atoms with E-state index in [1.54, 1.807) is 18.1 Å². The molecule has 0 aromatic heterocycles. The fourth-order valence-electron chi connectivity index (χ4n) is 5.66. The van der Waals surface area contributed by atoms with Gasteiger partial charge in [-0.25, -0.2) is 0 Å². The van der Waals surface area contributed by atoms with Crippen LogP contribution in [-0.2, 0) is 16.2 Å². The van der Waals surface area contributed by atoms with E-state index in [9.17, 15) is 15.0 Å². The van der Waals surface area contributed by atoms with Gasteiger partial charge in [-0.05, 0) is 50.0 Å². The Kier molecular flexibility index (Phi) is 8.79. The molecule has 1 amide bonds. The molecule has 1 aromatic rings. The molecule has 190 valence electrons. The van der Waals surface area contributed by atoms with Crippen LogP contribution in [0.2, 0.25) is 0 Å². The van der Waals surface area contributed by atoms with Crippen molar-refractivity contribution < 1.29 is 24.6 Å². The molecular formula is C27H42N2O5. The molecule has 3 rings (SSSR count). The summed E-state index contributed by atoms with van der Waals surface area (Å²) >= 11 is 0. The van der Waals surface area contributed by atoms with Gasteiger partial charge >= 0.3 is 0 Å². The molecule has 34 heavy (non-hydrogen) atoms. The molecule has 1 heterocycles. The first-order chi connectivity index (χ1) is 16.1. The second-order valence-electron chi connectivity index (χ2n) is 10.8. The largest absolute Gasteiger partial charge is 0.489 e. The fraction of sp³-hybridized carbons (Fsp3) is 0.667. The van der Waals surface area contributed by atoms with E-state index in [0.717, 1.165) is 36.1 Å². The Morgan fingerprint density at radius 2 is 2.18 bits per heavy atom. The van der Waals surface area contributed by atoms with E-state index in [0.29, 0.717) is 19.1 Å². The van der Waals surface area contributed by atoms with Crippen LogP contribution in [0.1, 0.15) is 58.1 Å². The van der Waals surface area contributed by atoms with Gasteiger partial charge in [-0.15, -0.1) is 0 Å². The van der Waals surface area contributed by atoms with Gasteiger partial charge in [-0.1, -0.05) is 51.6 Å². The van der Waals surface area contributed by atoms with Crippen LogP contribution in [0.3, 0.4) is 0 Å². The molecule has 0 radical (unpaired) electrons. The van der Waals surface area contributed by atoms with E-state index >= 15 is 0 Å². The summed E-state index contributed by atoms with van der Waals surface area (Å²) in [6, 6.07) is 5.21. The third-order valence-corrected chi connectivity index (χ3v) is 7.37. The maximum atomic E-state index is 13.7. The third-order valence-electron chi connectivity index (χ3n) is 7.37. The highest BCUT2D eigenvalue weighted by atomic mass is 16.7. The molecule has 1 aliphatic carbocycles. The highest BCUT2D eigenvalue weighted by Gasteiger charge is 2.50. The first kappa shape index (κ1) is 26.7. The molecule has 2 aliphatic rings. The van der Waals surface area contributed by atoms with Crippen molar-refractivity contribution in [2.75, 3.05) is 13.2 Å². The van der Waals surface area contributed by atoms with Gasteiger partial charge < -0.3 is 20.3 Å². The average Bonchev–Trinajstić information content (AvgIpc) is 3.13. The summed E-state index contributed by atoms with van der Waals surface area (Å²) in [6.45, 7) is 14.5. The summed E-state index contributed by atoms with van der Waals surface area (Å²) in [6.07, 6.45) is 3.23. The lowest BCUT2D eigenvalue weighted by Crippen LogP contribution is -2.53. The molecule has 7 nitrogen and oxygen atoms in total. The van der Waals surface area contributed by atoms with Crippen molar-refractivity contribution in [3.05, 3.63) is 42.0 Å². The van der Waals surface area contributed by atoms with Crippen LogP contribution < -0.4 is 10.1 Å². The van der Waals surface area contributed by atoms with Gasteiger partial charge in [0.05, 0.1) is 19.3 Å². The molecule has 3 N–H and O–H groups in total. The smallest absolute Gasteiger partial charge is 0.240 e. The van der Waals surface area contributed by atoms with E-state index in [1.165, 1.54) is 0 Å². The molecule has 1 aliphatic heterocycles. The molecule has 1 saturated carbocycles. The number of nitrogens with zero attached hydrogens (tertiary/aromatic N) is 1. The number of aliphatic hydroxyl groups excluding tert-OH is 2. The monoisotopic (exact) mass is 474 g/mol. The SMILES string of the molecule is C=CCOc1c(C)cccc1CN1OC(CO)C(C(C)O)C1C(=O)N[C@H]1CCC(C)(C)CC1C. The van der Waals surface area contributed by atoms with Crippen LogP contribution in [0.4, 0.5) is 0 Å². The van der Waals surface area contributed by atoms with Crippen molar-refractivity contribution in [3.8, 4) is 5.75 Å². The van der Waals surface area contributed by atoms with Crippen LogP contribution in [0.25, 0.3) is 0 Å². The van der Waals surface area contributed by atoms with Gasteiger partial charge in [0.15, 0.2) is 0 Å². The number of nitrogens with one attached hydrogen (secondary N) is 1. The highest BCUT2D eigenvalue weighted by molar-refractivity contribution is 5.82. The Hall–Kier alpha value is -1.93. The average molecular weight is 475 g/mol. The second kappa shape index (κ2) is 11.2. The quantitative estimate of drug-likeness (QED) is 0.476. The summed E-state index contributed by atoms with van der Waals surface area (Å²) in [5.74, 6) is 0.370. The number of ether oxygens (including phenoxy) is 1. The number of carbonyl (C=O) groups is 1. The number of amides is 1. The minimum atomic E-state index is -0.824. The minimum absolute atomic E-state index is 0.0793. The normalized spacial score (nSPS) is 30.0. The van der Waals surface area contributed by atoms with E-state index < -0.39 is 24.2 Å². The lowest BCUT2D eigenvalue weighted by molar-refractivity contribution is -0.182. The van der Waals surface area contributed by atoms with Gasteiger partial charge in [0.25, 0.3) is 0 Å². The van der Waals surface area contributed by atoms with Crippen molar-refractivity contribution in [3.63, 3.8) is 0 Å². The molecule has 1 aromatic carbocycles. The first-order valence-electron chi connectivity index (χ1n) is 12.4. The van der Waals surface area contributed by atoms with E-state index in [1.807, 2.05) is 25.1 Å². The number of carbonyl (C=O) groups excluding carboxylic acids is 1. The molecule has 7 heteroatoms. The lowest BCUT2D eigenvalue weighted by Gasteiger charge is -2.40. The predicted molar refractivity (Wildman–Crippen MR) is 132 cm³/mol. The minimum Gasteiger partial charge on any atom is -0.489 e. The third kappa shape index (κ3) is 6.00. The molecule has 0 spiro atoms. The number of para-hydroxylation sites is 1. The molecule has 0 bridgehead atoms. The maximum absolute atomic E-state index is 13.7. The van der Waals surface area contributed by atoms with Gasteiger partial charge in [0.1, 0.15) is 24.5 Å². The molecule has 5 unspecified atom stereocenters. The fourth-order valence-corrected chi connectivity index (χ4v) is 5.66. The second-order valence-corrected chi connectivity index (χ2v) is 10.8. The molecule has 2 fully saturated rings. The summed E-state index contributed by atoms with van der Waals surface area (Å²) in [5, 5.41) is 25.4. The van der Waals surface area contributed by atoms with Crippen LogP contribution >= 0.6 is 0 Å². The number of benzene rings is 1. The van der Waals surface area contributed by atoms with Gasteiger partial charge in [-0.3, -0.25) is 9.63 Å². The van der Waals surface area contributed by atoms with Gasteiger partial charge in [0.2, 0.25) is 5.91 Å². The van der Waals surface area contributed by atoms with Crippen LogP contribution in [-0.4, -0.2) is 58.7 Å². The number of hydrogen-bond donors (Lipinski definition) is 3. The van der Waals surface area contributed by atoms with Crippen molar-refractivity contribution in [2.45, 2.75) is 84.7 Å². The number of hydroxylamine groups is 2. The number of aryl methyl sites for hydroxylation is 1. The van der Waals surface area contributed by atoms with Crippen molar-refractivity contribution in [2.24, 2.45) is 17.3 Å². The summed E-state index contributed by atoms with van der Waals surface area (Å²) in [5.41, 5.74) is 2.12. The standard InChI is InChI=1S/C27H42N2O5/c1-7-13-33-25-17(2)9-8-10-20(25)15-29-24(23(19(4)31)22(16-30)34-29)26(32)28-21-11-12-27(5,6)14-18(21)3/h7-10,18-19,21-24,30-31H,1,11-16H2,2-6H3,(H,28,32)/t18?,19?,21-,22?,23?,24?/m0/s1. The topological polar surface area (TPSA) is 91.3 Å². The number of rotatable bonds is 9. The van der Waals surface area contributed by atoms with E-state index in [2.05, 4.69) is 32.7 Å². The van der Waals surface area contributed by atoms with Crippen LogP contribution in [0.15, 0.2) is 30.9 Å². The molecular weight excluding hydrogens is 432 g/mol. The molecule has 6 atom stereocenters. The van der Waals surface area contributed by atoms with Crippen LogP contribution in [0.5, 0.6) is 5.75 Å². The summed E-state index contributed by atoms with van der Waals surface area (Å²) in [4.78, 5) is 19.7. The zero-order valence-corrected chi connectivity index (χ0v) is 21.3. The highest BCUT2D eigenvalue weighted by Crippen LogP contribution is 2.39. The van der Waals surface area contributed by atoms with Crippen molar-refractivity contribution in [1.29, 1.82) is 0 Å². The zero-order valence-electron chi connectivity index (χ0n) is 21.3. The Labute approximate surface area is 204 Å². The molecule has 1 saturated heterocycles. The van der Waals surface area contributed by atoms with Crippen molar-refractivity contribution in [1.82, 2.24) is 10.4 Å². The number of hydrogen-bond acceptors (Lipinski definition) is 6. The summed E-state index contributed by atoms with van der Waals surface area (Å²) < 4.78 is 5.91. The maximum Gasteiger partial charge on any atom is 0.240 e. The van der Waals surface area contributed by atoms with Crippen LogP contribution in [0, 0.1) is 24.2 Å². The Bertz CT molecular complexity index is 855. The Balaban J connectivity index is 1.85. The zero-order chi connectivity index (χ0) is 25.0.